The summed E-state index contributed by atoms with van der Waals surface area (Å²) in [6, 6.07) is 5.02. The van der Waals surface area contributed by atoms with Crippen LogP contribution in [0, 0.1) is 0 Å². The Morgan fingerprint density at radius 2 is 1.85 bits per heavy atom. The molecule has 0 bridgehead atoms. The fraction of sp³-hybridized carbons (Fsp3) is 0.625. The molecule has 2 aliphatic rings. The van der Waals surface area contributed by atoms with Crippen LogP contribution in [0.5, 0.6) is 11.5 Å². The lowest BCUT2D eigenvalue weighted by Crippen LogP contribution is -3.15. The zero-order valence-corrected chi connectivity index (χ0v) is 12.6. The van der Waals surface area contributed by atoms with E-state index in [1.54, 1.807) is 4.90 Å². The van der Waals surface area contributed by atoms with Gasteiger partial charge in [0.1, 0.15) is 13.1 Å². The van der Waals surface area contributed by atoms with Gasteiger partial charge in [-0.05, 0) is 25.0 Å². The average Bonchev–Trinajstić information content (AvgIpc) is 2.91. The van der Waals surface area contributed by atoms with E-state index in [9.17, 15) is 0 Å². The third-order valence-corrected chi connectivity index (χ3v) is 4.41. The lowest BCUT2D eigenvalue weighted by molar-refractivity contribution is -0.948. The molecule has 2 heterocycles. The van der Waals surface area contributed by atoms with Crippen molar-refractivity contribution in [3.05, 3.63) is 23.3 Å². The summed E-state index contributed by atoms with van der Waals surface area (Å²) in [6.45, 7) is 9.68. The number of nitrogens with two attached hydrogens (primary N) is 1. The highest BCUT2D eigenvalue weighted by molar-refractivity contribution is 5.49. The molecular weight excluding hydrogens is 252 g/mol. The van der Waals surface area contributed by atoms with Gasteiger partial charge in [0.05, 0.1) is 13.1 Å². The average molecular weight is 278 g/mol. The summed E-state index contributed by atoms with van der Waals surface area (Å²) in [5.41, 5.74) is 2.91. The van der Waals surface area contributed by atoms with Crippen molar-refractivity contribution in [2.45, 2.75) is 39.3 Å². The highest BCUT2D eigenvalue weighted by atomic mass is 16.7. The van der Waals surface area contributed by atoms with Crippen molar-refractivity contribution in [3.63, 3.8) is 0 Å². The minimum absolute atomic E-state index is 0.368. The molecule has 3 rings (SSSR count). The van der Waals surface area contributed by atoms with Crippen LogP contribution in [-0.2, 0) is 6.54 Å². The first-order valence-corrected chi connectivity index (χ1v) is 7.92. The summed E-state index contributed by atoms with van der Waals surface area (Å²) < 4.78 is 11.1. The number of benzene rings is 1. The summed E-state index contributed by atoms with van der Waals surface area (Å²) in [7, 11) is 0. The summed E-state index contributed by atoms with van der Waals surface area (Å²) in [6.07, 6.45) is 2.48. The van der Waals surface area contributed by atoms with E-state index in [0.29, 0.717) is 12.8 Å². The Bertz CT molecular complexity index is 470. The Morgan fingerprint density at radius 3 is 2.55 bits per heavy atom. The third-order valence-electron chi connectivity index (χ3n) is 4.41. The van der Waals surface area contributed by atoms with E-state index >= 15 is 0 Å². The van der Waals surface area contributed by atoms with E-state index in [0.717, 1.165) is 18.0 Å². The zero-order chi connectivity index (χ0) is 13.9. The maximum absolute atomic E-state index is 5.57. The van der Waals surface area contributed by atoms with E-state index in [1.165, 1.54) is 43.6 Å². The minimum atomic E-state index is 0.368. The first-order chi connectivity index (χ1) is 9.83. The van der Waals surface area contributed by atoms with Crippen molar-refractivity contribution in [1.82, 2.24) is 0 Å². The van der Waals surface area contributed by atoms with Crippen LogP contribution in [0.15, 0.2) is 12.1 Å². The highest BCUT2D eigenvalue weighted by Gasteiger charge is 2.33. The van der Waals surface area contributed by atoms with Crippen LogP contribution in [-0.4, -0.2) is 26.4 Å². The Balaban J connectivity index is 1.92. The van der Waals surface area contributed by atoms with Gasteiger partial charge in [0, 0.05) is 11.1 Å². The molecular formula is C16H26N2O2+2. The lowest BCUT2D eigenvalue weighted by Gasteiger charge is -2.31. The van der Waals surface area contributed by atoms with Crippen LogP contribution in [0.1, 0.15) is 43.9 Å². The summed E-state index contributed by atoms with van der Waals surface area (Å²) in [5, 5.41) is 2.43. The number of rotatable bonds is 5. The Hall–Kier alpha value is -1.26. The quantitative estimate of drug-likeness (QED) is 0.810. The van der Waals surface area contributed by atoms with Crippen LogP contribution < -0.4 is 19.7 Å². The second kappa shape index (κ2) is 6.02. The van der Waals surface area contributed by atoms with Crippen LogP contribution in [0.3, 0.4) is 0 Å². The highest BCUT2D eigenvalue weighted by Crippen LogP contribution is 2.36. The fourth-order valence-corrected chi connectivity index (χ4v) is 3.54. The molecule has 1 aromatic carbocycles. The topological polar surface area (TPSA) is 39.5 Å². The van der Waals surface area contributed by atoms with Crippen LogP contribution in [0.2, 0.25) is 0 Å². The second-order valence-corrected chi connectivity index (χ2v) is 5.84. The molecule has 0 aliphatic carbocycles. The molecule has 0 saturated carbocycles. The molecule has 20 heavy (non-hydrogen) atoms. The number of quaternary nitrogens is 2. The summed E-state index contributed by atoms with van der Waals surface area (Å²) in [4.78, 5) is 1.71. The van der Waals surface area contributed by atoms with Gasteiger partial charge < -0.3 is 19.7 Å². The largest absolute Gasteiger partial charge is 0.454 e. The number of nitrogens with one attached hydrogen (secondary N) is 1. The SMILES string of the molecule is CCC[NH+](CCC)[C@@H]1C[NH2+]Cc2cc3c(cc21)OCO3. The molecule has 1 atom stereocenters. The Morgan fingerprint density at radius 1 is 1.15 bits per heavy atom. The zero-order valence-electron chi connectivity index (χ0n) is 12.6. The van der Waals surface area contributed by atoms with Gasteiger partial charge in [-0.25, -0.2) is 0 Å². The molecule has 0 unspecified atom stereocenters. The van der Waals surface area contributed by atoms with Crippen LogP contribution in [0.25, 0.3) is 0 Å². The monoisotopic (exact) mass is 278 g/mol. The molecule has 1 aromatic rings. The summed E-state index contributed by atoms with van der Waals surface area (Å²) >= 11 is 0. The molecule has 4 heteroatoms. The second-order valence-electron chi connectivity index (χ2n) is 5.84. The van der Waals surface area contributed by atoms with Gasteiger partial charge >= 0.3 is 0 Å². The standard InChI is InChI=1S/C16H24N2O2/c1-3-5-18(6-4-2)14-10-17-9-12-7-15-16(8-13(12)14)20-11-19-15/h7-8,14,17H,3-6,9-11H2,1-2H3/p+2/t14-/m1/s1. The van der Waals surface area contributed by atoms with E-state index < -0.39 is 0 Å². The van der Waals surface area contributed by atoms with Gasteiger partial charge in [0.2, 0.25) is 6.79 Å². The molecule has 110 valence electrons. The first-order valence-electron chi connectivity index (χ1n) is 7.92. The number of hydrogen-bond donors (Lipinski definition) is 2. The van der Waals surface area contributed by atoms with Gasteiger partial charge in [-0.1, -0.05) is 13.8 Å². The van der Waals surface area contributed by atoms with Gasteiger partial charge in [0.25, 0.3) is 0 Å². The molecule has 0 spiro atoms. The molecule has 0 radical (unpaired) electrons. The molecule has 0 fully saturated rings. The van der Waals surface area contributed by atoms with Crippen LogP contribution >= 0.6 is 0 Å². The van der Waals surface area contributed by atoms with E-state index in [-0.39, 0.29) is 0 Å². The Labute approximate surface area is 121 Å². The van der Waals surface area contributed by atoms with Gasteiger partial charge in [-0.3, -0.25) is 0 Å². The van der Waals surface area contributed by atoms with Crippen molar-refractivity contribution in [3.8, 4) is 11.5 Å². The summed E-state index contributed by atoms with van der Waals surface area (Å²) in [5.74, 6) is 1.85. The van der Waals surface area contributed by atoms with Crippen molar-refractivity contribution in [2.24, 2.45) is 0 Å². The molecule has 0 saturated heterocycles. The predicted molar refractivity (Wildman–Crippen MR) is 77.1 cm³/mol. The number of fused-ring (bicyclic) bond motifs is 2. The number of ether oxygens (including phenoxy) is 2. The molecule has 3 N–H and O–H groups in total. The van der Waals surface area contributed by atoms with Crippen LogP contribution in [0.4, 0.5) is 0 Å². The van der Waals surface area contributed by atoms with Crippen molar-refractivity contribution >= 4 is 0 Å². The van der Waals surface area contributed by atoms with E-state index in [4.69, 9.17) is 9.47 Å². The van der Waals surface area contributed by atoms with Gasteiger partial charge in [-0.2, -0.15) is 0 Å². The molecule has 2 aliphatic heterocycles. The minimum Gasteiger partial charge on any atom is -0.454 e. The van der Waals surface area contributed by atoms with Gasteiger partial charge in [0.15, 0.2) is 17.5 Å². The first kappa shape index (κ1) is 13.7. The predicted octanol–water partition coefficient (Wildman–Crippen LogP) is 0.238. The normalized spacial score (nSPS) is 20.2. The Kier molecular flexibility index (Phi) is 4.13. The van der Waals surface area contributed by atoms with Crippen molar-refractivity contribution in [2.75, 3.05) is 26.4 Å². The van der Waals surface area contributed by atoms with Gasteiger partial charge in [-0.15, -0.1) is 0 Å². The smallest absolute Gasteiger partial charge is 0.231 e. The third kappa shape index (κ3) is 2.50. The van der Waals surface area contributed by atoms with E-state index in [1.807, 2.05) is 0 Å². The lowest BCUT2D eigenvalue weighted by atomic mass is 9.94. The molecule has 0 amide bonds. The van der Waals surface area contributed by atoms with E-state index in [2.05, 4.69) is 31.3 Å². The fourth-order valence-electron chi connectivity index (χ4n) is 3.54. The number of hydrogen-bond acceptors (Lipinski definition) is 2. The maximum Gasteiger partial charge on any atom is 0.231 e. The maximum atomic E-state index is 5.57. The van der Waals surface area contributed by atoms with Crippen molar-refractivity contribution in [1.29, 1.82) is 0 Å². The molecule has 4 nitrogen and oxygen atoms in total. The van der Waals surface area contributed by atoms with Crippen molar-refractivity contribution < 1.29 is 19.7 Å². The molecule has 0 aromatic heterocycles.